The number of ketones is 3. The van der Waals surface area contributed by atoms with Crippen molar-refractivity contribution in [3.8, 4) is 23.6 Å². The number of nitrogens with zero attached hydrogens (tertiary/aromatic N) is 3. The summed E-state index contributed by atoms with van der Waals surface area (Å²) < 4.78 is 37.7. The van der Waals surface area contributed by atoms with E-state index in [1.54, 1.807) is 19.1 Å². The van der Waals surface area contributed by atoms with Crippen LogP contribution in [0.4, 0.5) is 14.5 Å². The number of ether oxygens (including phenoxy) is 2. The Balaban J connectivity index is 0.000000842. The van der Waals surface area contributed by atoms with Gasteiger partial charge in [0.05, 0.1) is 58.4 Å². The van der Waals surface area contributed by atoms with Crippen LogP contribution in [0.25, 0.3) is 10.2 Å². The number of hydrogen-bond donors (Lipinski definition) is 3. The molecular weight excluding hydrogens is 946 g/mol. The summed E-state index contributed by atoms with van der Waals surface area (Å²) in [5, 5.41) is 27.0. The molecule has 0 spiro atoms. The normalized spacial score (nSPS) is 9.89. The number of nitrogens with two attached hydrogens (primary N) is 2. The molecule has 0 aliphatic rings. The Bertz CT molecular complexity index is 2590. The number of fused-ring (bicyclic) bond motifs is 1. The van der Waals surface area contributed by atoms with Gasteiger partial charge in [-0.1, -0.05) is 40.4 Å². The van der Waals surface area contributed by atoms with Crippen molar-refractivity contribution in [2.24, 2.45) is 5.73 Å². The Hall–Kier alpha value is -4.92. The van der Waals surface area contributed by atoms with Gasteiger partial charge >= 0.3 is 29.6 Å². The summed E-state index contributed by atoms with van der Waals surface area (Å²) in [7, 11) is 0. The molecular formula is C44H46BrF2N6NaO6S3. The summed E-state index contributed by atoms with van der Waals surface area (Å²) >= 11 is 13.5. The molecule has 328 valence electrons. The van der Waals surface area contributed by atoms with Crippen molar-refractivity contribution in [3.63, 3.8) is 0 Å². The van der Waals surface area contributed by atoms with Crippen molar-refractivity contribution < 1.29 is 67.3 Å². The number of Topliss-reactive ketones (excluding diaryl/α,β-unsaturated/α-hetero) is 2. The molecule has 0 bridgehead atoms. The standard InChI is InChI=1S/C18H17FN2O2S.C10H10BrFO2.C8H8N2S.C5H8O2.C3H4N2S.Na/c1-4-23-14-6-5-11(19)8-12(14)16(22)17-15(20)13-7-9(2)10(3)21-18(13)24-17;1-2-14-10-4-3-7(12)5-8(10)9(13)6-11;1-5-3-7(4-9)8(11)10-6(5)2;1-4(3-6)5(2)7;4-2-1-3(5)6;/h5-8H,4,20H2,1-3H3;3-5H,2,6H2,1H3;3H,1-2H3,(H,10,11);3,6H,1-2H3;1H2,(H2,5,6);/q;;;;;+1/p-1/b;;;4-3-;;. The second-order valence-electron chi connectivity index (χ2n) is 12.7. The quantitative estimate of drug-likeness (QED) is 0.0348. The Labute approximate surface area is 410 Å². The first-order valence-electron chi connectivity index (χ1n) is 18.4. The van der Waals surface area contributed by atoms with Crippen LogP contribution >= 0.6 is 51.7 Å². The van der Waals surface area contributed by atoms with E-state index < -0.39 is 11.6 Å². The maximum absolute atomic E-state index is 13.6. The summed E-state index contributed by atoms with van der Waals surface area (Å²) in [4.78, 5) is 43.1. The third-order valence-electron chi connectivity index (χ3n) is 8.12. The monoisotopic (exact) mass is 990 g/mol. The maximum atomic E-state index is 13.6. The van der Waals surface area contributed by atoms with Crippen LogP contribution in [-0.4, -0.2) is 50.9 Å². The second kappa shape index (κ2) is 29.4. The van der Waals surface area contributed by atoms with Gasteiger partial charge in [-0.25, -0.2) is 13.8 Å². The van der Waals surface area contributed by atoms with Crippen LogP contribution in [0.1, 0.15) is 87.8 Å². The molecule has 3 aromatic heterocycles. The number of benzene rings is 2. The number of H-pyrrole nitrogens is 1. The molecule has 0 amide bonds. The van der Waals surface area contributed by atoms with Crippen molar-refractivity contribution in [3.05, 3.63) is 121 Å². The van der Waals surface area contributed by atoms with Crippen LogP contribution in [0.3, 0.4) is 0 Å². The molecule has 0 radical (unpaired) electrons. The van der Waals surface area contributed by atoms with Crippen molar-refractivity contribution in [2.75, 3.05) is 24.3 Å². The molecule has 0 saturated carbocycles. The molecule has 2 aromatic carbocycles. The smallest absolute Gasteiger partial charge is 0.878 e. The predicted octanol–water partition coefficient (Wildman–Crippen LogP) is 6.33. The number of aromatic nitrogens is 2. The number of pyridine rings is 2. The minimum atomic E-state index is -0.494. The first-order chi connectivity index (χ1) is 29.2. The van der Waals surface area contributed by atoms with Crippen LogP contribution in [0.5, 0.6) is 11.5 Å². The number of thiocarbonyl (C=S) groups is 1. The van der Waals surface area contributed by atoms with Gasteiger partial charge in [0.2, 0.25) is 5.78 Å². The molecule has 0 fully saturated rings. The third-order valence-corrected chi connectivity index (χ3v) is 10.2. The Morgan fingerprint density at radius 3 is 1.92 bits per heavy atom. The van der Waals surface area contributed by atoms with E-state index in [1.807, 2.05) is 46.8 Å². The molecule has 0 saturated heterocycles. The summed E-state index contributed by atoms with van der Waals surface area (Å²) in [5.41, 5.74) is 16.7. The molecule has 12 nitrogen and oxygen atoms in total. The minimum absolute atomic E-state index is 0. The van der Waals surface area contributed by atoms with Gasteiger partial charge in [0.1, 0.15) is 43.6 Å². The molecule has 5 aromatic rings. The number of halogens is 3. The predicted molar refractivity (Wildman–Crippen MR) is 247 cm³/mol. The van der Waals surface area contributed by atoms with Gasteiger partial charge in [-0.15, -0.1) is 17.6 Å². The van der Waals surface area contributed by atoms with Crippen molar-refractivity contribution in [2.45, 2.75) is 61.8 Å². The van der Waals surface area contributed by atoms with Crippen LogP contribution in [0.15, 0.2) is 60.4 Å². The number of carbonyl (C=O) groups excluding carboxylic acids is 3. The fourth-order valence-electron chi connectivity index (χ4n) is 4.52. The van der Waals surface area contributed by atoms with Gasteiger partial charge in [-0.2, -0.15) is 10.5 Å². The molecule has 5 N–H and O–H groups in total. The fourth-order valence-corrected chi connectivity index (χ4v) is 6.23. The number of nitrogens with one attached hydrogen (secondary N) is 1. The van der Waals surface area contributed by atoms with Crippen LogP contribution < -0.4 is 55.6 Å². The first kappa shape index (κ1) is 58.1. The number of carbonyl (C=O) groups is 3. The topological polar surface area (TPSA) is 221 Å². The summed E-state index contributed by atoms with van der Waals surface area (Å²) in [6.45, 7) is 15.0. The molecule has 19 heteroatoms. The number of thiophene rings is 1. The van der Waals surface area contributed by atoms with Crippen LogP contribution in [-0.2, 0) is 4.79 Å². The summed E-state index contributed by atoms with van der Waals surface area (Å²) in [5.74, 6) is -0.847. The SMILES string of the molecule is CC(=O)/C(C)=C\[O-].CCOc1ccc(F)cc1C(=O)CBr.CCOc1ccc(F)cc1C(=O)c1sc2nc(C)c(C)cc2c1N.Cc1cc(C#N)c(=S)[nH]c1C.N#CCC(N)=S.[Na+]. The van der Waals surface area contributed by atoms with E-state index in [0.29, 0.717) is 56.6 Å². The average Bonchev–Trinajstić information content (AvgIpc) is 3.54. The minimum Gasteiger partial charge on any atom is -0.878 e. The number of allylic oxidation sites excluding steroid dienone is 1. The number of rotatable bonds is 10. The molecule has 3 heterocycles. The van der Waals surface area contributed by atoms with Gasteiger partial charge in [-0.3, -0.25) is 14.4 Å². The Kier molecular flexibility index (Phi) is 27.1. The van der Waals surface area contributed by atoms with E-state index in [0.717, 1.165) is 27.9 Å². The molecule has 0 unspecified atom stereocenters. The van der Waals surface area contributed by atoms with E-state index in [-0.39, 0.29) is 80.3 Å². The van der Waals surface area contributed by atoms with Gasteiger partial charge in [0, 0.05) is 16.8 Å². The molecule has 63 heavy (non-hydrogen) atoms. The number of nitrogen functional groups attached to an aromatic ring is 1. The summed E-state index contributed by atoms with van der Waals surface area (Å²) in [6.07, 6.45) is 0.748. The van der Waals surface area contributed by atoms with E-state index in [9.17, 15) is 28.3 Å². The maximum Gasteiger partial charge on any atom is 1.00 e. The van der Waals surface area contributed by atoms with Gasteiger partial charge in [-0.05, 0) is 121 Å². The number of hydrogen-bond acceptors (Lipinski definition) is 13. The second-order valence-corrected chi connectivity index (χ2v) is 15.2. The third kappa shape index (κ3) is 18.8. The van der Waals surface area contributed by atoms with Crippen molar-refractivity contribution >= 4 is 89.9 Å². The van der Waals surface area contributed by atoms with Crippen LogP contribution in [0, 0.1) is 66.6 Å². The number of nitriles is 2. The average molecular weight is 992 g/mol. The van der Waals surface area contributed by atoms with E-state index in [1.165, 1.54) is 61.6 Å². The molecule has 0 aliphatic heterocycles. The number of alkyl halides is 1. The zero-order valence-electron chi connectivity index (χ0n) is 36.3. The zero-order chi connectivity index (χ0) is 47.3. The van der Waals surface area contributed by atoms with Crippen LogP contribution in [0.2, 0.25) is 0 Å². The number of aromatic amines is 1. The van der Waals surface area contributed by atoms with E-state index >= 15 is 0 Å². The largest absolute Gasteiger partial charge is 1.00 e. The van der Waals surface area contributed by atoms with E-state index in [2.05, 4.69) is 38.1 Å². The summed E-state index contributed by atoms with van der Waals surface area (Å²) in [6, 6.07) is 15.4. The molecule has 5 rings (SSSR count). The van der Waals surface area contributed by atoms with Gasteiger partial charge in [0.15, 0.2) is 11.6 Å². The molecule has 0 aliphatic carbocycles. The zero-order valence-corrected chi connectivity index (χ0v) is 42.4. The first-order valence-corrected chi connectivity index (χ1v) is 21.2. The number of anilines is 1. The van der Waals surface area contributed by atoms with E-state index in [4.69, 9.17) is 43.7 Å². The Morgan fingerprint density at radius 1 is 0.952 bits per heavy atom. The number of aryl methyl sites for hydroxylation is 4. The van der Waals surface area contributed by atoms with Crippen molar-refractivity contribution in [1.82, 2.24) is 9.97 Å². The fraction of sp³-hybridized carbons (Fsp3) is 0.273. The Morgan fingerprint density at radius 2 is 1.49 bits per heavy atom. The van der Waals surface area contributed by atoms with Gasteiger partial charge < -0.3 is 31.0 Å². The molecule has 0 atom stereocenters. The van der Waals surface area contributed by atoms with Crippen molar-refractivity contribution in [1.29, 1.82) is 10.5 Å². The van der Waals surface area contributed by atoms with Gasteiger partial charge in [0.25, 0.3) is 0 Å².